The molecule has 0 amide bonds. The van der Waals surface area contributed by atoms with Crippen molar-refractivity contribution in [1.82, 2.24) is 0 Å². The second-order valence-electron chi connectivity index (χ2n) is 8.62. The molecular formula is C20H28O. The zero-order valence-electron chi connectivity index (χ0n) is 14.3. The van der Waals surface area contributed by atoms with Gasteiger partial charge in [-0.25, -0.2) is 0 Å². The topological polar surface area (TPSA) is 9.23 Å². The maximum absolute atomic E-state index is 6.40. The Balaban J connectivity index is 2.18. The van der Waals surface area contributed by atoms with Crippen LogP contribution in [0.25, 0.3) is 0 Å². The van der Waals surface area contributed by atoms with Gasteiger partial charge in [-0.05, 0) is 35.8 Å². The standard InChI is InChI=1S/C20H28O/c1-13(2)17-14-9-7-8-10-16(14)21-18-15(17)11-19(3,4)12-20(18,5)6/h7-10,13,17H,11-12H2,1-6H3. The largest absolute Gasteiger partial charge is 0.461 e. The third-order valence-electron chi connectivity index (χ3n) is 5.00. The molecule has 0 fully saturated rings. The van der Waals surface area contributed by atoms with Crippen LogP contribution in [0.5, 0.6) is 5.75 Å². The van der Waals surface area contributed by atoms with Crippen molar-refractivity contribution in [2.75, 3.05) is 0 Å². The summed E-state index contributed by atoms with van der Waals surface area (Å²) in [5, 5.41) is 0. The first-order valence-electron chi connectivity index (χ1n) is 8.22. The van der Waals surface area contributed by atoms with E-state index in [1.54, 1.807) is 5.57 Å². The van der Waals surface area contributed by atoms with Gasteiger partial charge in [0.15, 0.2) is 0 Å². The average molecular weight is 284 g/mol. The molecule has 21 heavy (non-hydrogen) atoms. The molecule has 0 saturated carbocycles. The van der Waals surface area contributed by atoms with Gasteiger partial charge in [0.25, 0.3) is 0 Å². The van der Waals surface area contributed by atoms with Crippen molar-refractivity contribution in [2.45, 2.75) is 60.3 Å². The number of rotatable bonds is 1. The molecule has 0 saturated heterocycles. The second-order valence-corrected chi connectivity index (χ2v) is 8.62. The van der Waals surface area contributed by atoms with E-state index in [2.05, 4.69) is 65.8 Å². The zero-order chi connectivity index (χ0) is 15.4. The Morgan fingerprint density at radius 3 is 2.43 bits per heavy atom. The van der Waals surface area contributed by atoms with Gasteiger partial charge in [0.1, 0.15) is 11.5 Å². The molecule has 0 radical (unpaired) electrons. The molecule has 0 bridgehead atoms. The SMILES string of the molecule is CC(C)C1C2=C(Oc3ccccc31)C(C)(C)CC(C)(C)C2. The highest BCUT2D eigenvalue weighted by atomic mass is 16.5. The number of hydrogen-bond acceptors (Lipinski definition) is 1. The lowest BCUT2D eigenvalue weighted by atomic mass is 9.61. The lowest BCUT2D eigenvalue weighted by Gasteiger charge is -2.48. The Bertz CT molecular complexity index is 590. The van der Waals surface area contributed by atoms with Gasteiger partial charge in [-0.3, -0.25) is 0 Å². The summed E-state index contributed by atoms with van der Waals surface area (Å²) in [4.78, 5) is 0. The summed E-state index contributed by atoms with van der Waals surface area (Å²) in [5.41, 5.74) is 3.40. The molecule has 0 spiro atoms. The van der Waals surface area contributed by atoms with Crippen LogP contribution >= 0.6 is 0 Å². The summed E-state index contributed by atoms with van der Waals surface area (Å²) in [7, 11) is 0. The lowest BCUT2D eigenvalue weighted by Crippen LogP contribution is -2.37. The van der Waals surface area contributed by atoms with Crippen LogP contribution in [0.2, 0.25) is 0 Å². The Kier molecular flexibility index (Phi) is 3.24. The Morgan fingerprint density at radius 1 is 1.10 bits per heavy atom. The average Bonchev–Trinajstić information content (AvgIpc) is 2.34. The molecule has 1 aromatic carbocycles. The molecule has 1 aliphatic heterocycles. The molecule has 1 atom stereocenters. The van der Waals surface area contributed by atoms with Crippen LogP contribution in [0.3, 0.4) is 0 Å². The quantitative estimate of drug-likeness (QED) is 0.622. The van der Waals surface area contributed by atoms with Crippen molar-refractivity contribution in [2.24, 2.45) is 16.7 Å². The predicted molar refractivity (Wildman–Crippen MR) is 88.5 cm³/mol. The van der Waals surface area contributed by atoms with Crippen molar-refractivity contribution in [3.63, 3.8) is 0 Å². The summed E-state index contributed by atoms with van der Waals surface area (Å²) in [6, 6.07) is 8.60. The number of ether oxygens (including phenoxy) is 1. The van der Waals surface area contributed by atoms with E-state index in [0.29, 0.717) is 17.3 Å². The monoisotopic (exact) mass is 284 g/mol. The minimum Gasteiger partial charge on any atom is -0.461 e. The first-order valence-corrected chi connectivity index (χ1v) is 8.22. The first kappa shape index (κ1) is 14.7. The normalized spacial score (nSPS) is 26.1. The van der Waals surface area contributed by atoms with Gasteiger partial charge in [0.05, 0.1) is 0 Å². The van der Waals surface area contributed by atoms with Crippen LogP contribution in [0, 0.1) is 16.7 Å². The fourth-order valence-electron chi connectivity index (χ4n) is 4.71. The molecule has 114 valence electrons. The second kappa shape index (κ2) is 4.63. The summed E-state index contributed by atoms with van der Waals surface area (Å²) in [5.74, 6) is 3.43. The Labute approximate surface area is 129 Å². The fraction of sp³-hybridized carbons (Fsp3) is 0.600. The molecular weight excluding hydrogens is 256 g/mol. The number of para-hydroxylation sites is 1. The van der Waals surface area contributed by atoms with Crippen molar-refractivity contribution >= 4 is 0 Å². The van der Waals surface area contributed by atoms with Crippen molar-refractivity contribution in [1.29, 1.82) is 0 Å². The van der Waals surface area contributed by atoms with Gasteiger partial charge < -0.3 is 4.74 Å². The Hall–Kier alpha value is -1.24. The van der Waals surface area contributed by atoms with E-state index in [-0.39, 0.29) is 5.41 Å². The fourth-order valence-corrected chi connectivity index (χ4v) is 4.71. The predicted octanol–water partition coefficient (Wildman–Crippen LogP) is 5.92. The van der Waals surface area contributed by atoms with Gasteiger partial charge in [0.2, 0.25) is 0 Å². The molecule has 1 nitrogen and oxygen atoms in total. The van der Waals surface area contributed by atoms with Gasteiger partial charge in [-0.2, -0.15) is 0 Å². The third kappa shape index (κ3) is 2.41. The first-order chi connectivity index (χ1) is 9.71. The summed E-state index contributed by atoms with van der Waals surface area (Å²) >= 11 is 0. The maximum Gasteiger partial charge on any atom is 0.130 e. The van der Waals surface area contributed by atoms with Gasteiger partial charge in [-0.1, -0.05) is 59.7 Å². The molecule has 0 aromatic heterocycles. The molecule has 3 rings (SSSR count). The van der Waals surface area contributed by atoms with Crippen LogP contribution in [-0.4, -0.2) is 0 Å². The molecule has 1 aliphatic carbocycles. The maximum atomic E-state index is 6.40. The van der Waals surface area contributed by atoms with E-state index in [0.717, 1.165) is 12.2 Å². The summed E-state index contributed by atoms with van der Waals surface area (Å²) in [6.45, 7) is 14.2. The third-order valence-corrected chi connectivity index (χ3v) is 5.00. The van der Waals surface area contributed by atoms with Crippen LogP contribution in [0.15, 0.2) is 35.6 Å². The highest BCUT2D eigenvalue weighted by Gasteiger charge is 2.45. The van der Waals surface area contributed by atoms with Gasteiger partial charge >= 0.3 is 0 Å². The summed E-state index contributed by atoms with van der Waals surface area (Å²) < 4.78 is 6.40. The van der Waals surface area contributed by atoms with Crippen molar-refractivity contribution in [3.8, 4) is 5.75 Å². The van der Waals surface area contributed by atoms with E-state index < -0.39 is 0 Å². The number of hydrogen-bond donors (Lipinski definition) is 0. The van der Waals surface area contributed by atoms with Crippen LogP contribution in [-0.2, 0) is 0 Å². The molecule has 0 N–H and O–H groups in total. The number of allylic oxidation sites excluding steroid dienone is 2. The highest BCUT2D eigenvalue weighted by Crippen LogP contribution is 2.57. The highest BCUT2D eigenvalue weighted by molar-refractivity contribution is 5.48. The Morgan fingerprint density at radius 2 is 1.76 bits per heavy atom. The minimum atomic E-state index is 0.123. The van der Waals surface area contributed by atoms with Crippen molar-refractivity contribution in [3.05, 3.63) is 41.2 Å². The molecule has 1 heteroatoms. The smallest absolute Gasteiger partial charge is 0.130 e. The van der Waals surface area contributed by atoms with Crippen LogP contribution in [0.1, 0.15) is 65.9 Å². The van der Waals surface area contributed by atoms with Crippen LogP contribution < -0.4 is 4.74 Å². The van der Waals surface area contributed by atoms with E-state index in [1.165, 1.54) is 17.7 Å². The molecule has 1 aromatic rings. The van der Waals surface area contributed by atoms with E-state index in [1.807, 2.05) is 0 Å². The lowest BCUT2D eigenvalue weighted by molar-refractivity contribution is 0.130. The molecule has 1 unspecified atom stereocenters. The van der Waals surface area contributed by atoms with Crippen LogP contribution in [0.4, 0.5) is 0 Å². The van der Waals surface area contributed by atoms with E-state index in [9.17, 15) is 0 Å². The van der Waals surface area contributed by atoms with Gasteiger partial charge in [-0.15, -0.1) is 0 Å². The molecule has 1 heterocycles. The van der Waals surface area contributed by atoms with Crippen molar-refractivity contribution < 1.29 is 4.74 Å². The van der Waals surface area contributed by atoms with E-state index in [4.69, 9.17) is 4.74 Å². The summed E-state index contributed by atoms with van der Waals surface area (Å²) in [6.07, 6.45) is 2.34. The minimum absolute atomic E-state index is 0.123. The zero-order valence-corrected chi connectivity index (χ0v) is 14.3. The van der Waals surface area contributed by atoms with E-state index >= 15 is 0 Å². The van der Waals surface area contributed by atoms with Gasteiger partial charge in [0, 0.05) is 16.9 Å². The number of benzene rings is 1. The molecule has 2 aliphatic rings. The number of fused-ring (bicyclic) bond motifs is 1.